The van der Waals surface area contributed by atoms with Crippen molar-refractivity contribution >= 4 is 5.95 Å². The second kappa shape index (κ2) is 5.56. The topological polar surface area (TPSA) is 29.9 Å². The number of imidazole rings is 1. The fraction of sp³-hybridized carbons (Fsp3) is 0.786. The first kappa shape index (κ1) is 12.5. The molecule has 1 saturated carbocycles. The van der Waals surface area contributed by atoms with Crippen LogP contribution in [-0.4, -0.2) is 16.1 Å². The summed E-state index contributed by atoms with van der Waals surface area (Å²) in [6.07, 6.45) is 8.62. The third-order valence-corrected chi connectivity index (χ3v) is 3.73. The van der Waals surface area contributed by atoms with E-state index in [-0.39, 0.29) is 0 Å². The fourth-order valence-electron chi connectivity index (χ4n) is 2.73. The van der Waals surface area contributed by atoms with Gasteiger partial charge in [-0.15, -0.1) is 0 Å². The molecule has 1 aromatic rings. The van der Waals surface area contributed by atoms with Crippen LogP contribution >= 0.6 is 0 Å². The van der Waals surface area contributed by atoms with Gasteiger partial charge in [-0.3, -0.25) is 0 Å². The lowest BCUT2D eigenvalue weighted by molar-refractivity contribution is 0.497. The molecule has 1 aromatic heterocycles. The Hall–Kier alpha value is -0.990. The van der Waals surface area contributed by atoms with Crippen molar-refractivity contribution in [2.45, 2.75) is 58.9 Å². The quantitative estimate of drug-likeness (QED) is 0.787. The predicted octanol–water partition coefficient (Wildman–Crippen LogP) is 3.76. The van der Waals surface area contributed by atoms with Crippen LogP contribution in [0.25, 0.3) is 0 Å². The Bertz CT molecular complexity index is 356. The number of nitrogens with zero attached hydrogens (tertiary/aromatic N) is 2. The van der Waals surface area contributed by atoms with Crippen molar-refractivity contribution in [3.05, 3.63) is 11.9 Å². The van der Waals surface area contributed by atoms with Gasteiger partial charge in [0.2, 0.25) is 5.95 Å². The van der Waals surface area contributed by atoms with E-state index in [1.54, 1.807) is 0 Å². The number of unbranched alkanes of at least 4 members (excludes halogenated alkanes) is 1. The third kappa shape index (κ3) is 3.02. The van der Waals surface area contributed by atoms with Crippen LogP contribution in [-0.2, 0) is 0 Å². The molecule has 3 heteroatoms. The normalized spacial score (nSPS) is 24.2. The molecular weight excluding hydrogens is 210 g/mol. The van der Waals surface area contributed by atoms with Crippen LogP contribution in [0.4, 0.5) is 5.95 Å². The van der Waals surface area contributed by atoms with Crippen molar-refractivity contribution in [3.8, 4) is 0 Å². The van der Waals surface area contributed by atoms with E-state index < -0.39 is 0 Å². The number of aryl methyl sites for hydroxylation is 1. The van der Waals surface area contributed by atoms with Crippen molar-refractivity contribution in [1.29, 1.82) is 0 Å². The maximum absolute atomic E-state index is 4.60. The number of aromatic nitrogens is 2. The van der Waals surface area contributed by atoms with Crippen molar-refractivity contribution in [3.63, 3.8) is 0 Å². The van der Waals surface area contributed by atoms with Gasteiger partial charge in [-0.2, -0.15) is 0 Å². The van der Waals surface area contributed by atoms with Crippen molar-refractivity contribution in [2.24, 2.45) is 5.92 Å². The second-order valence-corrected chi connectivity index (χ2v) is 5.47. The zero-order valence-electron chi connectivity index (χ0n) is 11.4. The molecule has 0 amide bonds. The van der Waals surface area contributed by atoms with Crippen LogP contribution in [0.1, 0.15) is 57.7 Å². The van der Waals surface area contributed by atoms with E-state index in [0.717, 1.165) is 24.1 Å². The highest BCUT2D eigenvalue weighted by molar-refractivity contribution is 5.29. The molecule has 0 aliphatic heterocycles. The van der Waals surface area contributed by atoms with E-state index >= 15 is 0 Å². The van der Waals surface area contributed by atoms with Gasteiger partial charge >= 0.3 is 0 Å². The van der Waals surface area contributed by atoms with Gasteiger partial charge < -0.3 is 9.88 Å². The first-order valence-electron chi connectivity index (χ1n) is 7.00. The molecule has 2 rings (SSSR count). The summed E-state index contributed by atoms with van der Waals surface area (Å²) in [7, 11) is 0. The van der Waals surface area contributed by atoms with Crippen LogP contribution < -0.4 is 5.32 Å². The molecule has 17 heavy (non-hydrogen) atoms. The average Bonchev–Trinajstić information content (AvgIpc) is 2.85. The smallest absolute Gasteiger partial charge is 0.203 e. The molecular formula is C14H25N3. The van der Waals surface area contributed by atoms with Gasteiger partial charge in [-0.05, 0) is 38.5 Å². The van der Waals surface area contributed by atoms with Gasteiger partial charge in [0.05, 0.1) is 5.69 Å². The molecule has 1 aliphatic carbocycles. The number of hydrogen-bond acceptors (Lipinski definition) is 2. The van der Waals surface area contributed by atoms with Crippen LogP contribution in [0.3, 0.4) is 0 Å². The highest BCUT2D eigenvalue weighted by Crippen LogP contribution is 2.35. The van der Waals surface area contributed by atoms with Gasteiger partial charge in [0.15, 0.2) is 0 Å². The third-order valence-electron chi connectivity index (χ3n) is 3.73. The van der Waals surface area contributed by atoms with E-state index in [1.165, 1.54) is 32.1 Å². The number of rotatable bonds is 5. The zero-order chi connectivity index (χ0) is 12.3. The summed E-state index contributed by atoms with van der Waals surface area (Å²) in [4.78, 5) is 4.60. The molecule has 1 heterocycles. The molecule has 0 bridgehead atoms. The molecule has 96 valence electrons. The molecule has 2 unspecified atom stereocenters. The van der Waals surface area contributed by atoms with Crippen molar-refractivity contribution in [1.82, 2.24) is 9.55 Å². The monoisotopic (exact) mass is 235 g/mol. The van der Waals surface area contributed by atoms with E-state index in [0.29, 0.717) is 6.04 Å². The Kier molecular flexibility index (Phi) is 4.08. The number of nitrogens with one attached hydrogen (secondary N) is 1. The van der Waals surface area contributed by atoms with Gasteiger partial charge in [0, 0.05) is 18.8 Å². The van der Waals surface area contributed by atoms with E-state index in [1.807, 2.05) is 0 Å². The summed E-state index contributed by atoms with van der Waals surface area (Å²) in [5, 5.41) is 3.48. The molecule has 1 aliphatic rings. The molecule has 0 spiro atoms. The highest BCUT2D eigenvalue weighted by atomic mass is 15.2. The molecule has 0 radical (unpaired) electrons. The minimum Gasteiger partial charge on any atom is -0.356 e. The van der Waals surface area contributed by atoms with Crippen molar-refractivity contribution < 1.29 is 0 Å². The van der Waals surface area contributed by atoms with Crippen LogP contribution in [0.2, 0.25) is 0 Å². The van der Waals surface area contributed by atoms with Crippen LogP contribution in [0.15, 0.2) is 6.20 Å². The lowest BCUT2D eigenvalue weighted by atomic mass is 10.1. The lowest BCUT2D eigenvalue weighted by Crippen LogP contribution is -2.11. The molecule has 1 fully saturated rings. The van der Waals surface area contributed by atoms with Crippen LogP contribution in [0.5, 0.6) is 0 Å². The fourth-order valence-corrected chi connectivity index (χ4v) is 2.73. The minimum absolute atomic E-state index is 0.662. The average molecular weight is 235 g/mol. The van der Waals surface area contributed by atoms with E-state index in [4.69, 9.17) is 0 Å². The Labute approximate surface area is 105 Å². The summed E-state index contributed by atoms with van der Waals surface area (Å²) < 4.78 is 2.37. The Morgan fingerprint density at radius 3 is 2.94 bits per heavy atom. The van der Waals surface area contributed by atoms with Crippen LogP contribution in [0, 0.1) is 12.8 Å². The van der Waals surface area contributed by atoms with E-state index in [9.17, 15) is 0 Å². The molecule has 3 nitrogen and oxygen atoms in total. The zero-order valence-corrected chi connectivity index (χ0v) is 11.4. The predicted molar refractivity (Wildman–Crippen MR) is 72.4 cm³/mol. The Balaban J connectivity index is 2.04. The summed E-state index contributed by atoms with van der Waals surface area (Å²) in [6.45, 7) is 7.70. The first-order chi connectivity index (χ1) is 8.20. The molecule has 0 aromatic carbocycles. The largest absolute Gasteiger partial charge is 0.356 e. The summed E-state index contributed by atoms with van der Waals surface area (Å²) in [5.41, 5.74) is 1.13. The summed E-state index contributed by atoms with van der Waals surface area (Å²) >= 11 is 0. The summed E-state index contributed by atoms with van der Waals surface area (Å²) in [6, 6.07) is 0.662. The van der Waals surface area contributed by atoms with Crippen molar-refractivity contribution in [2.75, 3.05) is 11.9 Å². The maximum atomic E-state index is 4.60. The first-order valence-corrected chi connectivity index (χ1v) is 7.00. The standard InChI is InChI=1S/C14H25N3/c1-4-5-8-15-14-16-12(3)10-17(14)13-7-6-11(2)9-13/h10-11,13H,4-9H2,1-3H3,(H,15,16). The van der Waals surface area contributed by atoms with Gasteiger partial charge in [0.25, 0.3) is 0 Å². The molecule has 1 N–H and O–H groups in total. The number of anilines is 1. The van der Waals surface area contributed by atoms with E-state index in [2.05, 4.69) is 41.8 Å². The highest BCUT2D eigenvalue weighted by Gasteiger charge is 2.24. The van der Waals surface area contributed by atoms with Gasteiger partial charge in [0.1, 0.15) is 0 Å². The second-order valence-electron chi connectivity index (χ2n) is 5.47. The minimum atomic E-state index is 0.662. The SMILES string of the molecule is CCCCNc1nc(C)cn1C1CCC(C)C1. The molecule has 2 atom stereocenters. The van der Waals surface area contributed by atoms with Gasteiger partial charge in [-0.1, -0.05) is 20.3 Å². The molecule has 0 saturated heterocycles. The Morgan fingerprint density at radius 2 is 2.29 bits per heavy atom. The summed E-state index contributed by atoms with van der Waals surface area (Å²) in [5.74, 6) is 1.95. The van der Waals surface area contributed by atoms with Gasteiger partial charge in [-0.25, -0.2) is 4.98 Å². The maximum Gasteiger partial charge on any atom is 0.203 e. The lowest BCUT2D eigenvalue weighted by Gasteiger charge is -2.15. The Morgan fingerprint density at radius 1 is 1.47 bits per heavy atom. The number of hydrogen-bond donors (Lipinski definition) is 1.